The summed E-state index contributed by atoms with van der Waals surface area (Å²) in [6.45, 7) is 7.84. The molecule has 25 heavy (non-hydrogen) atoms. The zero-order valence-corrected chi connectivity index (χ0v) is 15.5. The SMILES string of the molecule is CCOC(CCCNc1ccc2ncc(C3=CCCC3)n2n1)=C(C)C. The smallest absolute Gasteiger partial charge is 0.154 e. The van der Waals surface area contributed by atoms with Crippen molar-refractivity contribution in [1.29, 1.82) is 0 Å². The number of nitrogens with one attached hydrogen (secondary N) is 1. The van der Waals surface area contributed by atoms with E-state index in [1.54, 1.807) is 0 Å². The summed E-state index contributed by atoms with van der Waals surface area (Å²) in [4.78, 5) is 4.47. The molecule has 2 aromatic heterocycles. The van der Waals surface area contributed by atoms with Crippen molar-refractivity contribution in [2.45, 2.75) is 52.9 Å². The van der Waals surface area contributed by atoms with Crippen LogP contribution in [0.1, 0.15) is 58.6 Å². The molecule has 1 aliphatic rings. The molecule has 0 unspecified atom stereocenters. The highest BCUT2D eigenvalue weighted by atomic mass is 16.5. The van der Waals surface area contributed by atoms with Crippen LogP contribution in [-0.4, -0.2) is 27.7 Å². The third-order valence-corrected chi connectivity index (χ3v) is 4.50. The first-order chi connectivity index (χ1) is 12.2. The van der Waals surface area contributed by atoms with Crippen LogP contribution in [0.5, 0.6) is 0 Å². The minimum atomic E-state index is 0.728. The predicted molar refractivity (Wildman–Crippen MR) is 103 cm³/mol. The number of nitrogens with zero attached hydrogens (tertiary/aromatic N) is 3. The predicted octanol–water partition coefficient (Wildman–Crippen LogP) is 4.82. The van der Waals surface area contributed by atoms with Crippen LogP contribution in [0, 0.1) is 0 Å². The van der Waals surface area contributed by atoms with Crippen LogP contribution >= 0.6 is 0 Å². The molecule has 0 saturated carbocycles. The Bertz CT molecular complexity index is 784. The van der Waals surface area contributed by atoms with Crippen LogP contribution in [0.4, 0.5) is 5.82 Å². The van der Waals surface area contributed by atoms with E-state index in [4.69, 9.17) is 9.84 Å². The number of rotatable bonds is 8. The molecule has 5 heteroatoms. The highest BCUT2D eigenvalue weighted by molar-refractivity contribution is 5.66. The minimum Gasteiger partial charge on any atom is -0.498 e. The van der Waals surface area contributed by atoms with E-state index in [-0.39, 0.29) is 0 Å². The first kappa shape index (κ1) is 17.5. The Morgan fingerprint density at radius 1 is 1.32 bits per heavy atom. The second-order valence-corrected chi connectivity index (χ2v) is 6.64. The molecule has 0 saturated heterocycles. The van der Waals surface area contributed by atoms with Gasteiger partial charge in [0, 0.05) is 13.0 Å². The van der Waals surface area contributed by atoms with E-state index in [0.29, 0.717) is 0 Å². The Morgan fingerprint density at radius 3 is 2.92 bits per heavy atom. The van der Waals surface area contributed by atoms with Crippen LogP contribution in [-0.2, 0) is 4.74 Å². The van der Waals surface area contributed by atoms with Gasteiger partial charge in [-0.05, 0) is 69.7 Å². The molecule has 1 aliphatic carbocycles. The Morgan fingerprint density at radius 2 is 2.20 bits per heavy atom. The van der Waals surface area contributed by atoms with Crippen LogP contribution in [0.3, 0.4) is 0 Å². The summed E-state index contributed by atoms with van der Waals surface area (Å²) < 4.78 is 7.65. The maximum Gasteiger partial charge on any atom is 0.154 e. The molecular formula is C20H28N4O. The van der Waals surface area contributed by atoms with E-state index >= 15 is 0 Å². The average molecular weight is 340 g/mol. The zero-order chi connectivity index (χ0) is 17.6. The number of imidazole rings is 1. The summed E-state index contributed by atoms with van der Waals surface area (Å²) in [7, 11) is 0. The second kappa shape index (κ2) is 8.19. The van der Waals surface area contributed by atoms with Gasteiger partial charge in [-0.1, -0.05) is 6.08 Å². The van der Waals surface area contributed by atoms with Crippen molar-refractivity contribution in [3.8, 4) is 0 Å². The highest BCUT2D eigenvalue weighted by Crippen LogP contribution is 2.27. The molecule has 2 aromatic rings. The molecule has 0 radical (unpaired) electrons. The molecule has 5 nitrogen and oxygen atoms in total. The lowest BCUT2D eigenvalue weighted by Gasteiger charge is -2.11. The Kier molecular flexibility index (Phi) is 5.74. The summed E-state index contributed by atoms with van der Waals surface area (Å²) in [6.07, 6.45) is 9.72. The highest BCUT2D eigenvalue weighted by Gasteiger charge is 2.13. The first-order valence-electron chi connectivity index (χ1n) is 9.26. The van der Waals surface area contributed by atoms with Crippen LogP contribution < -0.4 is 5.32 Å². The summed E-state index contributed by atoms with van der Waals surface area (Å²) in [6, 6.07) is 4.02. The second-order valence-electron chi connectivity index (χ2n) is 6.64. The fourth-order valence-electron chi connectivity index (χ4n) is 3.20. The van der Waals surface area contributed by atoms with Gasteiger partial charge >= 0.3 is 0 Å². The quantitative estimate of drug-likeness (QED) is 0.553. The van der Waals surface area contributed by atoms with Crippen molar-refractivity contribution < 1.29 is 4.74 Å². The van der Waals surface area contributed by atoms with E-state index in [0.717, 1.165) is 61.8 Å². The third kappa shape index (κ3) is 4.21. The van der Waals surface area contributed by atoms with Gasteiger partial charge in [0.25, 0.3) is 0 Å². The van der Waals surface area contributed by atoms with Gasteiger partial charge in [-0.25, -0.2) is 9.50 Å². The normalized spacial score (nSPS) is 13.8. The number of anilines is 1. The molecule has 134 valence electrons. The Hall–Kier alpha value is -2.30. The van der Waals surface area contributed by atoms with E-state index in [9.17, 15) is 0 Å². The first-order valence-corrected chi connectivity index (χ1v) is 9.26. The van der Waals surface area contributed by atoms with E-state index < -0.39 is 0 Å². The van der Waals surface area contributed by atoms with E-state index in [1.165, 1.54) is 17.6 Å². The van der Waals surface area contributed by atoms with Gasteiger partial charge in [-0.3, -0.25) is 0 Å². The number of aromatic nitrogens is 3. The number of hydrogen-bond donors (Lipinski definition) is 1. The molecule has 0 atom stereocenters. The molecule has 2 heterocycles. The molecule has 0 amide bonds. The molecular weight excluding hydrogens is 312 g/mol. The molecule has 0 aromatic carbocycles. The summed E-state index contributed by atoms with van der Waals surface area (Å²) in [5.41, 5.74) is 4.65. The van der Waals surface area contributed by atoms with Gasteiger partial charge in [0.1, 0.15) is 5.82 Å². The summed E-state index contributed by atoms with van der Waals surface area (Å²) in [5, 5.41) is 8.15. The maximum atomic E-state index is 5.69. The lowest BCUT2D eigenvalue weighted by molar-refractivity contribution is 0.213. The fraction of sp³-hybridized carbons (Fsp3) is 0.500. The van der Waals surface area contributed by atoms with Crippen molar-refractivity contribution >= 4 is 17.0 Å². The number of ether oxygens (including phenoxy) is 1. The van der Waals surface area contributed by atoms with Crippen LogP contribution in [0.15, 0.2) is 35.7 Å². The Labute approximate surface area is 149 Å². The molecule has 0 fully saturated rings. The molecule has 3 rings (SSSR count). The Balaban J connectivity index is 1.62. The lowest BCUT2D eigenvalue weighted by Crippen LogP contribution is -2.07. The van der Waals surface area contributed by atoms with Crippen molar-refractivity contribution in [3.05, 3.63) is 41.4 Å². The molecule has 0 bridgehead atoms. The van der Waals surface area contributed by atoms with Crippen molar-refractivity contribution in [2.75, 3.05) is 18.5 Å². The van der Waals surface area contributed by atoms with E-state index in [2.05, 4.69) is 30.2 Å². The number of hydrogen-bond acceptors (Lipinski definition) is 4. The average Bonchev–Trinajstić information content (AvgIpc) is 3.26. The fourth-order valence-corrected chi connectivity index (χ4v) is 3.20. The lowest BCUT2D eigenvalue weighted by atomic mass is 10.2. The van der Waals surface area contributed by atoms with Gasteiger partial charge < -0.3 is 10.1 Å². The monoisotopic (exact) mass is 340 g/mol. The summed E-state index contributed by atoms with van der Waals surface area (Å²) in [5.74, 6) is 2.00. The van der Waals surface area contributed by atoms with Crippen molar-refractivity contribution in [1.82, 2.24) is 14.6 Å². The zero-order valence-electron chi connectivity index (χ0n) is 15.5. The van der Waals surface area contributed by atoms with Gasteiger partial charge in [-0.15, -0.1) is 5.10 Å². The number of allylic oxidation sites excluding steroid dienone is 4. The topological polar surface area (TPSA) is 51.5 Å². The standard InChI is InChI=1S/C20H28N4O/c1-4-25-18(15(2)3)10-7-13-21-19-11-12-20-22-14-17(24(20)23-19)16-8-5-6-9-16/h8,11-12,14H,4-7,9-10,13H2,1-3H3,(H,21,23). The van der Waals surface area contributed by atoms with Crippen molar-refractivity contribution in [2.24, 2.45) is 0 Å². The van der Waals surface area contributed by atoms with Crippen LogP contribution in [0.2, 0.25) is 0 Å². The van der Waals surface area contributed by atoms with E-state index in [1.807, 2.05) is 29.8 Å². The largest absolute Gasteiger partial charge is 0.498 e. The molecule has 0 aliphatic heterocycles. The maximum absolute atomic E-state index is 5.69. The summed E-state index contributed by atoms with van der Waals surface area (Å²) >= 11 is 0. The molecule has 1 N–H and O–H groups in total. The number of fused-ring (bicyclic) bond motifs is 1. The van der Waals surface area contributed by atoms with Gasteiger partial charge in [0.05, 0.1) is 24.3 Å². The minimum absolute atomic E-state index is 0.728. The van der Waals surface area contributed by atoms with Gasteiger partial charge in [-0.2, -0.15) is 0 Å². The van der Waals surface area contributed by atoms with Gasteiger partial charge in [0.2, 0.25) is 0 Å². The van der Waals surface area contributed by atoms with Crippen molar-refractivity contribution in [3.63, 3.8) is 0 Å². The molecule has 0 spiro atoms. The third-order valence-electron chi connectivity index (χ3n) is 4.50. The van der Waals surface area contributed by atoms with Gasteiger partial charge in [0.15, 0.2) is 5.65 Å². The van der Waals surface area contributed by atoms with Crippen LogP contribution in [0.25, 0.3) is 11.2 Å².